The second kappa shape index (κ2) is 10.5. The first-order chi connectivity index (χ1) is 16.3. The lowest BCUT2D eigenvalue weighted by Crippen LogP contribution is -2.52. The van der Waals surface area contributed by atoms with Crippen molar-refractivity contribution in [1.82, 2.24) is 30.0 Å². The largest absolute Gasteiger partial charge is 0.298 e. The zero-order valence-electron chi connectivity index (χ0n) is 19.2. The van der Waals surface area contributed by atoms with E-state index in [0.29, 0.717) is 18.2 Å². The zero-order valence-corrected chi connectivity index (χ0v) is 19.2. The molecule has 0 amide bonds. The van der Waals surface area contributed by atoms with E-state index in [4.69, 9.17) is 0 Å². The monoisotopic (exact) mass is 448 g/mol. The van der Waals surface area contributed by atoms with Crippen LogP contribution in [-0.4, -0.2) is 62.2 Å². The normalized spacial score (nSPS) is 19.5. The van der Waals surface area contributed by atoms with E-state index in [0.717, 1.165) is 38.4 Å². The summed E-state index contributed by atoms with van der Waals surface area (Å²) < 4.78 is 16.9. The second-order valence-electron chi connectivity index (χ2n) is 9.28. The van der Waals surface area contributed by atoms with Crippen molar-refractivity contribution in [2.75, 3.05) is 26.2 Å². The number of aromatic nitrogens is 4. The van der Waals surface area contributed by atoms with Crippen LogP contribution in [0.1, 0.15) is 55.1 Å². The number of piperazine rings is 1. The highest BCUT2D eigenvalue weighted by Crippen LogP contribution is 2.31. The lowest BCUT2D eigenvalue weighted by atomic mass is 9.93. The Labute approximate surface area is 195 Å². The highest BCUT2D eigenvalue weighted by Gasteiger charge is 2.33. The van der Waals surface area contributed by atoms with Gasteiger partial charge in [-0.05, 0) is 41.3 Å². The van der Waals surface area contributed by atoms with Crippen LogP contribution in [0.3, 0.4) is 0 Å². The Kier molecular flexibility index (Phi) is 7.07. The minimum Gasteiger partial charge on any atom is -0.298 e. The topological polar surface area (TPSA) is 50.1 Å². The maximum absolute atomic E-state index is 15.0. The number of hydrogen-bond donors (Lipinski definition) is 0. The van der Waals surface area contributed by atoms with E-state index in [1.165, 1.54) is 37.7 Å². The fourth-order valence-electron chi connectivity index (χ4n) is 5.45. The fraction of sp³-hybridized carbons (Fsp3) is 0.500. The van der Waals surface area contributed by atoms with Gasteiger partial charge in [0.05, 0.1) is 0 Å². The Morgan fingerprint density at radius 2 is 1.61 bits per heavy atom. The van der Waals surface area contributed by atoms with E-state index >= 15 is 4.39 Å². The summed E-state index contributed by atoms with van der Waals surface area (Å²) in [5.74, 6) is 0.525. The quantitative estimate of drug-likeness (QED) is 0.545. The first-order valence-electron chi connectivity index (χ1n) is 12.3. The lowest BCUT2D eigenvalue weighted by molar-refractivity contribution is 0.0612. The van der Waals surface area contributed by atoms with E-state index in [1.807, 2.05) is 35.0 Å². The van der Waals surface area contributed by atoms with Crippen LogP contribution in [0, 0.1) is 5.82 Å². The predicted molar refractivity (Wildman–Crippen MR) is 126 cm³/mol. The summed E-state index contributed by atoms with van der Waals surface area (Å²) in [4.78, 5) is 5.01. The molecule has 5 rings (SSSR count). The van der Waals surface area contributed by atoms with Crippen LogP contribution in [0.5, 0.6) is 0 Å². The van der Waals surface area contributed by atoms with Gasteiger partial charge in [0, 0.05) is 44.3 Å². The predicted octanol–water partition coefficient (Wildman–Crippen LogP) is 4.09. The van der Waals surface area contributed by atoms with Crippen molar-refractivity contribution in [2.24, 2.45) is 0 Å². The van der Waals surface area contributed by atoms with Gasteiger partial charge in [-0.3, -0.25) is 9.80 Å². The third-order valence-electron chi connectivity index (χ3n) is 7.26. The number of hydrogen-bond acceptors (Lipinski definition) is 5. The van der Waals surface area contributed by atoms with Crippen molar-refractivity contribution in [2.45, 2.75) is 57.2 Å². The van der Waals surface area contributed by atoms with Crippen LogP contribution in [0.4, 0.5) is 4.39 Å². The van der Waals surface area contributed by atoms with Crippen LogP contribution < -0.4 is 0 Å². The number of tetrazole rings is 1. The molecule has 1 saturated carbocycles. The fourth-order valence-corrected chi connectivity index (χ4v) is 5.45. The molecule has 0 bridgehead atoms. The van der Waals surface area contributed by atoms with Gasteiger partial charge in [0.15, 0.2) is 5.82 Å². The summed E-state index contributed by atoms with van der Waals surface area (Å²) in [6.45, 7) is 4.48. The molecular formula is C26H33FN6. The molecule has 33 heavy (non-hydrogen) atoms. The SMILES string of the molecule is Fc1ccccc1C(c1nnnn1CCc1ccccc1)N1CCN(C2CCCCC2)CC1. The Morgan fingerprint density at radius 3 is 2.36 bits per heavy atom. The molecule has 3 aromatic rings. The van der Waals surface area contributed by atoms with Gasteiger partial charge in [-0.25, -0.2) is 9.07 Å². The molecule has 7 heteroatoms. The summed E-state index contributed by atoms with van der Waals surface area (Å²) in [5, 5.41) is 12.7. The molecule has 2 aromatic carbocycles. The van der Waals surface area contributed by atoms with E-state index in [2.05, 4.69) is 37.5 Å². The smallest absolute Gasteiger partial charge is 0.173 e. The van der Waals surface area contributed by atoms with Crippen LogP contribution >= 0.6 is 0 Å². The standard InChI is InChI=1S/C26H33FN6/c27-24-14-8-7-13-23(24)25(32-19-17-31(18-20-32)22-11-5-2-6-12-22)26-28-29-30-33(26)16-15-21-9-3-1-4-10-21/h1,3-4,7-10,13-14,22,25H,2,5-6,11-12,15-20H2. The molecule has 1 saturated heterocycles. The van der Waals surface area contributed by atoms with Gasteiger partial charge in [0.25, 0.3) is 0 Å². The number of nitrogens with zero attached hydrogens (tertiary/aromatic N) is 6. The molecule has 0 spiro atoms. The second-order valence-corrected chi connectivity index (χ2v) is 9.28. The Bertz CT molecular complexity index is 1010. The zero-order chi connectivity index (χ0) is 22.5. The Balaban J connectivity index is 1.36. The van der Waals surface area contributed by atoms with E-state index in [9.17, 15) is 0 Å². The number of benzene rings is 2. The molecule has 0 radical (unpaired) electrons. The molecule has 1 unspecified atom stereocenters. The molecule has 6 nitrogen and oxygen atoms in total. The van der Waals surface area contributed by atoms with E-state index in [1.54, 1.807) is 12.1 Å². The molecule has 1 aromatic heterocycles. The van der Waals surface area contributed by atoms with Crippen molar-refractivity contribution >= 4 is 0 Å². The molecule has 0 N–H and O–H groups in total. The maximum atomic E-state index is 15.0. The van der Waals surface area contributed by atoms with Crippen molar-refractivity contribution in [3.8, 4) is 0 Å². The van der Waals surface area contributed by atoms with Gasteiger partial charge in [0.2, 0.25) is 0 Å². The van der Waals surface area contributed by atoms with Gasteiger partial charge in [-0.1, -0.05) is 67.8 Å². The Hall–Kier alpha value is -2.64. The molecular weight excluding hydrogens is 415 g/mol. The third-order valence-corrected chi connectivity index (χ3v) is 7.26. The van der Waals surface area contributed by atoms with Gasteiger partial charge in [-0.15, -0.1) is 5.10 Å². The summed E-state index contributed by atoms with van der Waals surface area (Å²) in [5.41, 5.74) is 1.89. The molecule has 1 aliphatic heterocycles. The van der Waals surface area contributed by atoms with Gasteiger partial charge >= 0.3 is 0 Å². The van der Waals surface area contributed by atoms with Crippen LogP contribution in [-0.2, 0) is 13.0 Å². The van der Waals surface area contributed by atoms with Gasteiger partial charge in [-0.2, -0.15) is 0 Å². The number of rotatable bonds is 7. The van der Waals surface area contributed by atoms with Crippen molar-refractivity contribution in [1.29, 1.82) is 0 Å². The molecule has 174 valence electrons. The first-order valence-corrected chi connectivity index (χ1v) is 12.3. The summed E-state index contributed by atoms with van der Waals surface area (Å²) in [6, 6.07) is 17.8. The number of aryl methyl sites for hydroxylation is 2. The van der Waals surface area contributed by atoms with Crippen LogP contribution in [0.25, 0.3) is 0 Å². The average Bonchev–Trinajstić information content (AvgIpc) is 3.34. The Morgan fingerprint density at radius 1 is 0.879 bits per heavy atom. The van der Waals surface area contributed by atoms with E-state index < -0.39 is 0 Å². The summed E-state index contributed by atoms with van der Waals surface area (Å²) in [7, 11) is 0. The van der Waals surface area contributed by atoms with Crippen LogP contribution in [0.15, 0.2) is 54.6 Å². The highest BCUT2D eigenvalue weighted by molar-refractivity contribution is 5.27. The third kappa shape index (κ3) is 5.14. The van der Waals surface area contributed by atoms with E-state index in [-0.39, 0.29) is 11.9 Å². The van der Waals surface area contributed by atoms with Crippen LogP contribution in [0.2, 0.25) is 0 Å². The first kappa shape index (κ1) is 22.2. The lowest BCUT2D eigenvalue weighted by Gasteiger charge is -2.43. The maximum Gasteiger partial charge on any atom is 0.173 e. The number of halogens is 1. The highest BCUT2D eigenvalue weighted by atomic mass is 19.1. The van der Waals surface area contributed by atoms with Crippen molar-refractivity contribution in [3.05, 3.63) is 77.4 Å². The summed E-state index contributed by atoms with van der Waals surface area (Å²) >= 11 is 0. The molecule has 2 heterocycles. The minimum atomic E-state index is -0.287. The molecule has 1 atom stereocenters. The van der Waals surface area contributed by atoms with Gasteiger partial charge < -0.3 is 0 Å². The van der Waals surface area contributed by atoms with Gasteiger partial charge in [0.1, 0.15) is 11.9 Å². The molecule has 2 aliphatic rings. The minimum absolute atomic E-state index is 0.199. The molecule has 1 aliphatic carbocycles. The average molecular weight is 449 g/mol. The summed E-state index contributed by atoms with van der Waals surface area (Å²) in [6.07, 6.45) is 7.52. The molecule has 2 fully saturated rings. The van der Waals surface area contributed by atoms with Crippen molar-refractivity contribution in [3.63, 3.8) is 0 Å². The van der Waals surface area contributed by atoms with Crippen molar-refractivity contribution < 1.29 is 4.39 Å².